The second-order valence-electron chi connectivity index (χ2n) is 6.29. The fraction of sp³-hybridized carbons (Fsp3) is 0.625. The van der Waals surface area contributed by atoms with Gasteiger partial charge in [0, 0.05) is 37.0 Å². The highest BCUT2D eigenvalue weighted by Gasteiger charge is 2.49. The van der Waals surface area contributed by atoms with Gasteiger partial charge >= 0.3 is 0 Å². The summed E-state index contributed by atoms with van der Waals surface area (Å²) in [6, 6.07) is 3.84. The van der Waals surface area contributed by atoms with Gasteiger partial charge in [-0.25, -0.2) is 0 Å². The van der Waals surface area contributed by atoms with Gasteiger partial charge in [-0.05, 0) is 30.9 Å². The molecule has 1 aliphatic heterocycles. The molecule has 4 heteroatoms. The van der Waals surface area contributed by atoms with Crippen LogP contribution < -0.4 is 0 Å². The van der Waals surface area contributed by atoms with Gasteiger partial charge in [0.2, 0.25) is 0 Å². The van der Waals surface area contributed by atoms with Crippen LogP contribution in [0.1, 0.15) is 37.0 Å². The minimum atomic E-state index is 0.123. The first-order valence-corrected chi connectivity index (χ1v) is 7.49. The molecule has 1 saturated heterocycles. The van der Waals surface area contributed by atoms with Crippen LogP contribution in [0.15, 0.2) is 24.5 Å². The Bertz CT molecular complexity index is 475. The summed E-state index contributed by atoms with van der Waals surface area (Å²) < 4.78 is 6.06. The number of nitrogens with zero attached hydrogens (tertiary/aromatic N) is 2. The number of aromatic nitrogens is 1. The highest BCUT2D eigenvalue weighted by molar-refractivity contribution is 5.94. The highest BCUT2D eigenvalue weighted by atomic mass is 16.5. The number of carbonyl (C=O) groups is 1. The number of rotatable bonds is 4. The summed E-state index contributed by atoms with van der Waals surface area (Å²) in [6.07, 6.45) is 5.85. The van der Waals surface area contributed by atoms with Gasteiger partial charge in [-0.1, -0.05) is 13.8 Å². The fourth-order valence-electron chi connectivity index (χ4n) is 3.39. The predicted molar refractivity (Wildman–Crippen MR) is 76.4 cm³/mol. The van der Waals surface area contributed by atoms with Crippen molar-refractivity contribution < 1.29 is 9.53 Å². The summed E-state index contributed by atoms with van der Waals surface area (Å²) in [7, 11) is 0. The molecule has 1 amide bonds. The molecule has 0 N–H and O–H groups in total. The summed E-state index contributed by atoms with van der Waals surface area (Å²) >= 11 is 0. The van der Waals surface area contributed by atoms with E-state index >= 15 is 0 Å². The van der Waals surface area contributed by atoms with E-state index in [1.807, 2.05) is 4.90 Å². The number of likely N-dealkylation sites (tertiary alicyclic amines) is 1. The van der Waals surface area contributed by atoms with E-state index in [1.54, 1.807) is 24.5 Å². The van der Waals surface area contributed by atoms with Crippen LogP contribution in [0, 0.1) is 11.8 Å². The Kier molecular flexibility index (Phi) is 3.74. The van der Waals surface area contributed by atoms with Gasteiger partial charge in [-0.15, -0.1) is 0 Å². The van der Waals surface area contributed by atoms with Gasteiger partial charge < -0.3 is 9.64 Å². The fourth-order valence-corrected chi connectivity index (χ4v) is 3.39. The van der Waals surface area contributed by atoms with Crippen LogP contribution >= 0.6 is 0 Å². The Balaban J connectivity index is 1.70. The number of amides is 1. The molecule has 108 valence electrons. The molecule has 0 spiro atoms. The largest absolute Gasteiger partial charge is 0.375 e. The van der Waals surface area contributed by atoms with Crippen molar-refractivity contribution in [3.8, 4) is 0 Å². The lowest BCUT2D eigenvalue weighted by Gasteiger charge is -2.27. The van der Waals surface area contributed by atoms with Crippen LogP contribution in [0.25, 0.3) is 0 Å². The molecule has 2 heterocycles. The number of piperidine rings is 1. The standard InChI is InChI=1S/C16H22N2O2/c1-11(2)10-20-15-13-3-4-14(15)18(9-13)16(19)12-5-7-17-8-6-12/h5-8,11,13-15H,3-4,9-10H2,1-2H3/t13-,14+,15-/m0/s1. The monoisotopic (exact) mass is 274 g/mol. The topological polar surface area (TPSA) is 42.4 Å². The van der Waals surface area contributed by atoms with E-state index in [4.69, 9.17) is 4.74 Å². The van der Waals surface area contributed by atoms with Crippen molar-refractivity contribution in [3.63, 3.8) is 0 Å². The molecule has 3 rings (SSSR count). The van der Waals surface area contributed by atoms with E-state index in [9.17, 15) is 4.79 Å². The van der Waals surface area contributed by atoms with Gasteiger partial charge in [0.05, 0.1) is 12.1 Å². The van der Waals surface area contributed by atoms with Gasteiger partial charge in [0.25, 0.3) is 5.91 Å². The maximum absolute atomic E-state index is 12.6. The predicted octanol–water partition coefficient (Wildman–Crippen LogP) is 2.36. The zero-order chi connectivity index (χ0) is 14.1. The van der Waals surface area contributed by atoms with Crippen LogP contribution in [0.5, 0.6) is 0 Å². The maximum atomic E-state index is 12.6. The molecule has 0 radical (unpaired) electrons. The van der Waals surface area contributed by atoms with Crippen molar-refractivity contribution in [1.29, 1.82) is 0 Å². The normalized spacial score (nSPS) is 28.4. The first-order chi connectivity index (χ1) is 9.66. The zero-order valence-corrected chi connectivity index (χ0v) is 12.2. The summed E-state index contributed by atoms with van der Waals surface area (Å²) in [5.41, 5.74) is 0.732. The smallest absolute Gasteiger partial charge is 0.254 e. The summed E-state index contributed by atoms with van der Waals surface area (Å²) in [5, 5.41) is 0. The van der Waals surface area contributed by atoms with Gasteiger partial charge in [-0.3, -0.25) is 9.78 Å². The van der Waals surface area contributed by atoms with Crippen molar-refractivity contribution in [2.24, 2.45) is 11.8 Å². The van der Waals surface area contributed by atoms with Crippen molar-refractivity contribution in [3.05, 3.63) is 30.1 Å². The molecule has 20 heavy (non-hydrogen) atoms. The zero-order valence-electron chi connectivity index (χ0n) is 12.2. The molecule has 1 aromatic heterocycles. The average molecular weight is 274 g/mol. The van der Waals surface area contributed by atoms with Gasteiger partial charge in [-0.2, -0.15) is 0 Å². The Morgan fingerprint density at radius 1 is 1.40 bits per heavy atom. The minimum Gasteiger partial charge on any atom is -0.375 e. The molecule has 1 aliphatic carbocycles. The molecule has 1 saturated carbocycles. The molecular formula is C16H22N2O2. The van der Waals surface area contributed by atoms with E-state index < -0.39 is 0 Å². The Labute approximate surface area is 120 Å². The van der Waals surface area contributed by atoms with Crippen molar-refractivity contribution in [1.82, 2.24) is 9.88 Å². The first kappa shape index (κ1) is 13.6. The van der Waals surface area contributed by atoms with E-state index in [2.05, 4.69) is 18.8 Å². The Hall–Kier alpha value is -1.42. The van der Waals surface area contributed by atoms with Crippen LogP contribution in [-0.4, -0.2) is 41.1 Å². The third-order valence-electron chi connectivity index (χ3n) is 4.32. The van der Waals surface area contributed by atoms with Crippen LogP contribution in [0.2, 0.25) is 0 Å². The van der Waals surface area contributed by atoms with Crippen LogP contribution in [0.3, 0.4) is 0 Å². The average Bonchev–Trinajstić information content (AvgIpc) is 3.02. The summed E-state index contributed by atoms with van der Waals surface area (Å²) in [5.74, 6) is 1.18. The molecule has 2 bridgehead atoms. The molecule has 3 atom stereocenters. The number of carbonyl (C=O) groups excluding carboxylic acids is 1. The summed E-state index contributed by atoms with van der Waals surface area (Å²) in [4.78, 5) is 18.5. The van der Waals surface area contributed by atoms with E-state index in [0.717, 1.165) is 25.1 Å². The Morgan fingerprint density at radius 3 is 2.85 bits per heavy atom. The third-order valence-corrected chi connectivity index (χ3v) is 4.32. The SMILES string of the molecule is CC(C)CO[C@H]1[C@H]2CC[C@H]1N(C(=O)c1ccncc1)C2. The lowest BCUT2D eigenvalue weighted by molar-refractivity contribution is 0.0130. The molecular weight excluding hydrogens is 252 g/mol. The van der Waals surface area contributed by atoms with Crippen molar-refractivity contribution in [2.45, 2.75) is 38.8 Å². The van der Waals surface area contributed by atoms with E-state index in [0.29, 0.717) is 11.8 Å². The van der Waals surface area contributed by atoms with Crippen molar-refractivity contribution >= 4 is 5.91 Å². The second kappa shape index (κ2) is 5.52. The lowest BCUT2D eigenvalue weighted by Crippen LogP contribution is -2.40. The van der Waals surface area contributed by atoms with E-state index in [-0.39, 0.29) is 18.1 Å². The molecule has 0 unspecified atom stereocenters. The van der Waals surface area contributed by atoms with E-state index in [1.165, 1.54) is 6.42 Å². The molecule has 4 nitrogen and oxygen atoms in total. The molecule has 2 fully saturated rings. The number of fused-ring (bicyclic) bond motifs is 2. The number of hydrogen-bond donors (Lipinski definition) is 0. The minimum absolute atomic E-state index is 0.123. The molecule has 2 aliphatic rings. The van der Waals surface area contributed by atoms with Crippen LogP contribution in [0.4, 0.5) is 0 Å². The second-order valence-corrected chi connectivity index (χ2v) is 6.29. The van der Waals surface area contributed by atoms with Crippen LogP contribution in [-0.2, 0) is 4.74 Å². The third kappa shape index (κ3) is 2.44. The first-order valence-electron chi connectivity index (χ1n) is 7.49. The molecule has 1 aromatic rings. The molecule has 0 aromatic carbocycles. The number of hydrogen-bond acceptors (Lipinski definition) is 3. The quantitative estimate of drug-likeness (QED) is 0.846. The van der Waals surface area contributed by atoms with Gasteiger partial charge in [0.1, 0.15) is 0 Å². The number of pyridine rings is 1. The number of ether oxygens (including phenoxy) is 1. The maximum Gasteiger partial charge on any atom is 0.254 e. The van der Waals surface area contributed by atoms with Crippen molar-refractivity contribution in [2.75, 3.05) is 13.2 Å². The lowest BCUT2D eigenvalue weighted by atomic mass is 10.1. The van der Waals surface area contributed by atoms with Gasteiger partial charge in [0.15, 0.2) is 0 Å². The Morgan fingerprint density at radius 2 is 2.15 bits per heavy atom. The highest BCUT2D eigenvalue weighted by Crippen LogP contribution is 2.40. The summed E-state index contributed by atoms with van der Waals surface area (Å²) in [6.45, 7) is 5.96.